The number of hydrogen-bond donors (Lipinski definition) is 2. The summed E-state index contributed by atoms with van der Waals surface area (Å²) in [5.41, 5.74) is 0. The number of carbonyl (C=O) groups is 1. The van der Waals surface area contributed by atoms with Crippen molar-refractivity contribution in [3.8, 4) is 0 Å². The van der Waals surface area contributed by atoms with Gasteiger partial charge in [0.15, 0.2) is 0 Å². The molecule has 0 aliphatic carbocycles. The summed E-state index contributed by atoms with van der Waals surface area (Å²) in [5.74, 6) is 1.73. The van der Waals surface area contributed by atoms with Crippen molar-refractivity contribution in [2.45, 2.75) is 33.1 Å². The van der Waals surface area contributed by atoms with Gasteiger partial charge in [-0.3, -0.25) is 4.79 Å². The Labute approximate surface area is 129 Å². The van der Waals surface area contributed by atoms with Crippen molar-refractivity contribution < 1.29 is 9.53 Å². The number of carbonyl (C=O) groups excluding carboxylic acids is 1. The number of nitrogens with one attached hydrogen (secondary N) is 2. The fourth-order valence-electron chi connectivity index (χ4n) is 3.10. The highest BCUT2D eigenvalue weighted by molar-refractivity contribution is 5.77. The first-order valence-corrected chi connectivity index (χ1v) is 8.30. The van der Waals surface area contributed by atoms with E-state index in [9.17, 15) is 4.79 Å². The van der Waals surface area contributed by atoms with Crippen LogP contribution < -0.4 is 10.6 Å². The van der Waals surface area contributed by atoms with Crippen LogP contribution in [0.1, 0.15) is 33.1 Å². The minimum absolute atomic E-state index is 0.0753. The second-order valence-electron chi connectivity index (χ2n) is 6.43. The summed E-state index contributed by atoms with van der Waals surface area (Å²) < 4.78 is 4.91. The number of likely N-dealkylation sites (tertiary alicyclic amines) is 1. The number of unbranched alkanes of at least 4 members (excludes halogenated alkanes) is 1. The van der Waals surface area contributed by atoms with Gasteiger partial charge >= 0.3 is 0 Å². The molecule has 2 N–H and O–H groups in total. The summed E-state index contributed by atoms with van der Waals surface area (Å²) in [4.78, 5) is 14.1. The van der Waals surface area contributed by atoms with Crippen LogP contribution in [0.2, 0.25) is 0 Å². The lowest BCUT2D eigenvalue weighted by Crippen LogP contribution is -2.39. The van der Waals surface area contributed by atoms with E-state index in [4.69, 9.17) is 4.74 Å². The Morgan fingerprint density at radius 2 is 1.90 bits per heavy atom. The molecule has 1 rings (SSSR count). The van der Waals surface area contributed by atoms with Gasteiger partial charge < -0.3 is 20.3 Å². The van der Waals surface area contributed by atoms with Crippen LogP contribution in [0.15, 0.2) is 0 Å². The highest BCUT2D eigenvalue weighted by Gasteiger charge is 2.20. The Morgan fingerprint density at radius 1 is 1.19 bits per heavy atom. The van der Waals surface area contributed by atoms with Crippen LogP contribution >= 0.6 is 0 Å². The van der Waals surface area contributed by atoms with E-state index in [0.29, 0.717) is 13.2 Å². The van der Waals surface area contributed by atoms with E-state index in [2.05, 4.69) is 29.4 Å². The van der Waals surface area contributed by atoms with Gasteiger partial charge in [-0.2, -0.15) is 0 Å². The molecular formula is C16H33N3O2. The lowest BCUT2D eigenvalue weighted by molar-refractivity contribution is -0.120. The summed E-state index contributed by atoms with van der Waals surface area (Å²) in [6.07, 6.45) is 3.59. The van der Waals surface area contributed by atoms with Crippen molar-refractivity contribution in [1.82, 2.24) is 15.5 Å². The van der Waals surface area contributed by atoms with Gasteiger partial charge in [0.05, 0.1) is 13.2 Å². The minimum Gasteiger partial charge on any atom is -0.383 e. The molecule has 2 atom stereocenters. The molecule has 5 nitrogen and oxygen atoms in total. The van der Waals surface area contributed by atoms with E-state index in [1.165, 1.54) is 19.5 Å². The van der Waals surface area contributed by atoms with E-state index < -0.39 is 0 Å². The third kappa shape index (κ3) is 9.06. The molecule has 21 heavy (non-hydrogen) atoms. The summed E-state index contributed by atoms with van der Waals surface area (Å²) in [7, 11) is 1.66. The zero-order chi connectivity index (χ0) is 15.5. The van der Waals surface area contributed by atoms with Crippen molar-refractivity contribution in [3.63, 3.8) is 0 Å². The van der Waals surface area contributed by atoms with Crippen LogP contribution in [0.4, 0.5) is 0 Å². The molecule has 1 fully saturated rings. The van der Waals surface area contributed by atoms with Gasteiger partial charge in [-0.15, -0.1) is 0 Å². The molecule has 0 aromatic rings. The minimum atomic E-state index is 0.0753. The molecule has 0 aromatic heterocycles. The first-order valence-electron chi connectivity index (χ1n) is 8.30. The lowest BCUT2D eigenvalue weighted by atomic mass is 9.92. The molecule has 1 heterocycles. The molecule has 124 valence electrons. The smallest absolute Gasteiger partial charge is 0.233 e. The normalized spacial score (nSPS) is 23.2. The Hall–Kier alpha value is -0.650. The zero-order valence-corrected chi connectivity index (χ0v) is 14.0. The van der Waals surface area contributed by atoms with Crippen LogP contribution in [0.3, 0.4) is 0 Å². The molecule has 0 radical (unpaired) electrons. The zero-order valence-electron chi connectivity index (χ0n) is 14.0. The maximum Gasteiger partial charge on any atom is 0.233 e. The van der Waals surface area contributed by atoms with Gasteiger partial charge in [0, 0.05) is 33.3 Å². The number of methoxy groups -OCH3 is 1. The van der Waals surface area contributed by atoms with E-state index in [1.54, 1.807) is 7.11 Å². The predicted molar refractivity (Wildman–Crippen MR) is 86.4 cm³/mol. The number of amides is 1. The molecular weight excluding hydrogens is 266 g/mol. The van der Waals surface area contributed by atoms with E-state index >= 15 is 0 Å². The molecule has 0 saturated carbocycles. The Balaban J connectivity index is 1.95. The van der Waals surface area contributed by atoms with Crippen LogP contribution in [-0.2, 0) is 9.53 Å². The van der Waals surface area contributed by atoms with Crippen LogP contribution in [0, 0.1) is 11.8 Å². The van der Waals surface area contributed by atoms with Crippen molar-refractivity contribution in [3.05, 3.63) is 0 Å². The lowest BCUT2D eigenvalue weighted by Gasteiger charge is -2.34. The molecule has 1 aliphatic heterocycles. The van der Waals surface area contributed by atoms with Gasteiger partial charge in [0.25, 0.3) is 0 Å². The second kappa shape index (κ2) is 11.0. The summed E-state index contributed by atoms with van der Waals surface area (Å²) >= 11 is 0. The number of piperidine rings is 1. The van der Waals surface area contributed by atoms with Crippen molar-refractivity contribution in [2.24, 2.45) is 11.8 Å². The number of ether oxygens (including phenoxy) is 1. The number of nitrogens with zero attached hydrogens (tertiary/aromatic N) is 1. The summed E-state index contributed by atoms with van der Waals surface area (Å²) in [5, 5.41) is 6.00. The van der Waals surface area contributed by atoms with Crippen molar-refractivity contribution in [2.75, 3.05) is 53.0 Å². The van der Waals surface area contributed by atoms with Gasteiger partial charge in [-0.25, -0.2) is 0 Å². The highest BCUT2D eigenvalue weighted by Crippen LogP contribution is 2.20. The first-order chi connectivity index (χ1) is 10.1. The van der Waals surface area contributed by atoms with Crippen LogP contribution in [-0.4, -0.2) is 63.8 Å². The molecule has 1 aliphatic rings. The third-order valence-corrected chi connectivity index (χ3v) is 3.94. The standard InChI is InChI=1S/C16H33N3O2/c1-14-10-15(2)13-19(12-14)8-5-4-6-18-16(20)11-17-7-9-21-3/h14-15,17H,4-13H2,1-3H3,(H,18,20). The highest BCUT2D eigenvalue weighted by atomic mass is 16.5. The molecule has 2 unspecified atom stereocenters. The van der Waals surface area contributed by atoms with Crippen molar-refractivity contribution >= 4 is 5.91 Å². The summed E-state index contributed by atoms with van der Waals surface area (Å²) in [6, 6.07) is 0. The molecule has 0 spiro atoms. The average Bonchev–Trinajstić information content (AvgIpc) is 2.42. The average molecular weight is 299 g/mol. The maximum absolute atomic E-state index is 11.5. The monoisotopic (exact) mass is 299 g/mol. The largest absolute Gasteiger partial charge is 0.383 e. The van der Waals surface area contributed by atoms with Crippen LogP contribution in [0.25, 0.3) is 0 Å². The van der Waals surface area contributed by atoms with Gasteiger partial charge in [-0.05, 0) is 37.6 Å². The Kier molecular flexibility index (Phi) is 9.63. The maximum atomic E-state index is 11.5. The van der Waals surface area contributed by atoms with Crippen LogP contribution in [0.5, 0.6) is 0 Å². The quantitative estimate of drug-likeness (QED) is 0.593. The van der Waals surface area contributed by atoms with E-state index in [1.807, 2.05) is 0 Å². The van der Waals surface area contributed by atoms with E-state index in [-0.39, 0.29) is 5.91 Å². The van der Waals surface area contributed by atoms with E-state index in [0.717, 1.165) is 44.3 Å². The number of rotatable bonds is 10. The molecule has 1 saturated heterocycles. The Morgan fingerprint density at radius 3 is 2.57 bits per heavy atom. The molecule has 0 bridgehead atoms. The fourth-order valence-corrected chi connectivity index (χ4v) is 3.10. The summed E-state index contributed by atoms with van der Waals surface area (Å²) in [6.45, 7) is 10.8. The third-order valence-electron chi connectivity index (χ3n) is 3.94. The number of hydrogen-bond acceptors (Lipinski definition) is 4. The Bertz CT molecular complexity index is 277. The van der Waals surface area contributed by atoms with Gasteiger partial charge in [-0.1, -0.05) is 13.8 Å². The van der Waals surface area contributed by atoms with Gasteiger partial charge in [0.2, 0.25) is 5.91 Å². The predicted octanol–water partition coefficient (Wildman–Crippen LogP) is 1.10. The molecule has 1 amide bonds. The fraction of sp³-hybridized carbons (Fsp3) is 0.938. The molecule has 5 heteroatoms. The topological polar surface area (TPSA) is 53.6 Å². The SMILES string of the molecule is COCCNCC(=O)NCCCCN1CC(C)CC(C)C1. The molecule has 0 aromatic carbocycles. The van der Waals surface area contributed by atoms with Crippen molar-refractivity contribution in [1.29, 1.82) is 0 Å². The first kappa shape index (κ1) is 18.4. The second-order valence-corrected chi connectivity index (χ2v) is 6.43. The van der Waals surface area contributed by atoms with Gasteiger partial charge in [0.1, 0.15) is 0 Å².